The molecule has 0 radical (unpaired) electrons. The minimum atomic E-state index is -3.43. The van der Waals surface area contributed by atoms with Crippen LogP contribution in [0.4, 0.5) is 11.4 Å². The molecular formula is C23H30N3O4P. The van der Waals surface area contributed by atoms with Crippen molar-refractivity contribution in [3.8, 4) is 5.88 Å². The predicted molar refractivity (Wildman–Crippen MR) is 122 cm³/mol. The maximum atomic E-state index is 11.8. The minimum Gasteiger partial charge on any atom is -0.463 e. The highest BCUT2D eigenvalue weighted by Gasteiger charge is 2.35. The molecule has 4 rings (SSSR count). The number of nitrogens with two attached hydrogens (primary N) is 1. The summed E-state index contributed by atoms with van der Waals surface area (Å²) in [7, 11) is -3.43. The summed E-state index contributed by atoms with van der Waals surface area (Å²) >= 11 is 0. The maximum Gasteiger partial charge on any atom is 0.328 e. The molecule has 1 aromatic carbocycles. The molecule has 31 heavy (non-hydrogen) atoms. The van der Waals surface area contributed by atoms with Gasteiger partial charge in [-0.25, -0.2) is 9.98 Å². The normalized spacial score (nSPS) is 24.5. The van der Waals surface area contributed by atoms with Gasteiger partial charge in [0.1, 0.15) is 11.3 Å². The lowest BCUT2D eigenvalue weighted by atomic mass is 9.82. The van der Waals surface area contributed by atoms with E-state index in [1.807, 2.05) is 13.8 Å². The number of aliphatic imine (C=N–C) groups is 1. The van der Waals surface area contributed by atoms with Crippen LogP contribution in [-0.2, 0) is 9.09 Å². The van der Waals surface area contributed by atoms with Crippen molar-refractivity contribution in [2.45, 2.75) is 64.1 Å². The van der Waals surface area contributed by atoms with Crippen molar-refractivity contribution < 1.29 is 18.7 Å². The Bertz CT molecular complexity index is 1030. The van der Waals surface area contributed by atoms with Crippen LogP contribution in [0.2, 0.25) is 0 Å². The summed E-state index contributed by atoms with van der Waals surface area (Å²) < 4.78 is 23.4. The molecule has 2 heterocycles. The number of hydrogen-bond donors (Lipinski definition) is 2. The fourth-order valence-corrected chi connectivity index (χ4v) is 5.13. The number of aromatic nitrogens is 1. The van der Waals surface area contributed by atoms with Crippen LogP contribution in [0.15, 0.2) is 41.5 Å². The van der Waals surface area contributed by atoms with Crippen molar-refractivity contribution in [3.63, 3.8) is 0 Å². The summed E-state index contributed by atoms with van der Waals surface area (Å²) in [5.41, 5.74) is 9.65. The molecule has 0 bridgehead atoms. The standard InChI is InChI=1S/C23H30N3O4P/c1-4-31(27,28)30-18-11-9-16(10-12-18)15-5-7-17(8-6-15)21-23(2,3)29-22-20(26-21)19(24)13-14-25-22/h5-8,13-14,16,18H,4,9-12H2,1-3H3,(H2,24,25)(H,27,28)/t16-,18-. The number of hydrogen-bond acceptors (Lipinski definition) is 6. The molecule has 2 aromatic rings. The van der Waals surface area contributed by atoms with Crippen LogP contribution in [0.25, 0.3) is 0 Å². The first kappa shape index (κ1) is 22.0. The van der Waals surface area contributed by atoms with Gasteiger partial charge in [0.25, 0.3) is 0 Å². The Balaban J connectivity index is 1.49. The van der Waals surface area contributed by atoms with Gasteiger partial charge in [-0.15, -0.1) is 0 Å². The van der Waals surface area contributed by atoms with Gasteiger partial charge in [-0.2, -0.15) is 0 Å². The van der Waals surface area contributed by atoms with E-state index in [9.17, 15) is 9.46 Å². The van der Waals surface area contributed by atoms with Crippen molar-refractivity contribution in [1.82, 2.24) is 4.98 Å². The Hall–Kier alpha value is -2.21. The van der Waals surface area contributed by atoms with Crippen LogP contribution in [-0.4, -0.2) is 33.5 Å². The number of nitrogen functional groups attached to an aromatic ring is 1. The van der Waals surface area contributed by atoms with Gasteiger partial charge in [0.2, 0.25) is 5.88 Å². The number of nitrogens with zero attached hydrogens (tertiary/aromatic N) is 2. The van der Waals surface area contributed by atoms with E-state index in [4.69, 9.17) is 20.0 Å². The maximum absolute atomic E-state index is 11.8. The van der Waals surface area contributed by atoms with Crippen LogP contribution >= 0.6 is 7.60 Å². The van der Waals surface area contributed by atoms with Gasteiger partial charge < -0.3 is 19.9 Å². The molecule has 1 aliphatic carbocycles. The molecular weight excluding hydrogens is 413 g/mol. The van der Waals surface area contributed by atoms with Gasteiger partial charge in [0, 0.05) is 17.9 Å². The van der Waals surface area contributed by atoms with Crippen molar-refractivity contribution in [1.29, 1.82) is 0 Å². The highest BCUT2D eigenvalue weighted by molar-refractivity contribution is 7.52. The third kappa shape index (κ3) is 4.69. The molecule has 166 valence electrons. The molecule has 8 heteroatoms. The fourth-order valence-electron chi connectivity index (χ4n) is 4.31. The molecule has 3 N–H and O–H groups in total. The van der Waals surface area contributed by atoms with E-state index in [-0.39, 0.29) is 12.3 Å². The van der Waals surface area contributed by atoms with Crippen molar-refractivity contribution in [2.75, 3.05) is 11.9 Å². The fraction of sp³-hybridized carbons (Fsp3) is 0.478. The summed E-state index contributed by atoms with van der Waals surface area (Å²) in [6.07, 6.45) is 5.14. The molecule has 0 saturated heterocycles. The first-order valence-corrected chi connectivity index (χ1v) is 12.6. The van der Waals surface area contributed by atoms with Gasteiger partial charge in [-0.1, -0.05) is 31.2 Å². The smallest absolute Gasteiger partial charge is 0.328 e. The van der Waals surface area contributed by atoms with Gasteiger partial charge in [0.05, 0.1) is 17.5 Å². The molecule has 1 atom stereocenters. The molecule has 0 amide bonds. The predicted octanol–water partition coefficient (Wildman–Crippen LogP) is 5.20. The third-order valence-electron chi connectivity index (χ3n) is 6.11. The van der Waals surface area contributed by atoms with Crippen LogP contribution in [0.3, 0.4) is 0 Å². The Morgan fingerprint density at radius 2 is 1.87 bits per heavy atom. The summed E-state index contributed by atoms with van der Waals surface area (Å²) in [4.78, 5) is 18.8. The Morgan fingerprint density at radius 1 is 1.19 bits per heavy atom. The first-order valence-electron chi connectivity index (χ1n) is 10.8. The summed E-state index contributed by atoms with van der Waals surface area (Å²) in [6, 6.07) is 10.2. The van der Waals surface area contributed by atoms with Crippen molar-refractivity contribution in [3.05, 3.63) is 47.7 Å². The topological polar surface area (TPSA) is 107 Å². The molecule has 0 spiro atoms. The monoisotopic (exact) mass is 443 g/mol. The number of anilines is 1. The van der Waals surface area contributed by atoms with E-state index in [1.54, 1.807) is 19.2 Å². The van der Waals surface area contributed by atoms with Crippen LogP contribution < -0.4 is 10.5 Å². The zero-order chi connectivity index (χ0) is 22.2. The highest BCUT2D eigenvalue weighted by atomic mass is 31.2. The largest absolute Gasteiger partial charge is 0.463 e. The van der Waals surface area contributed by atoms with Crippen LogP contribution in [0, 0.1) is 0 Å². The van der Waals surface area contributed by atoms with E-state index < -0.39 is 13.2 Å². The van der Waals surface area contributed by atoms with Crippen LogP contribution in [0.5, 0.6) is 5.88 Å². The van der Waals surface area contributed by atoms with Crippen molar-refractivity contribution >= 4 is 24.7 Å². The van der Waals surface area contributed by atoms with E-state index in [0.717, 1.165) is 37.0 Å². The average molecular weight is 443 g/mol. The molecule has 1 fully saturated rings. The highest BCUT2D eigenvalue weighted by Crippen LogP contribution is 2.46. The second-order valence-electron chi connectivity index (χ2n) is 8.78. The average Bonchev–Trinajstić information content (AvgIpc) is 2.73. The Morgan fingerprint density at radius 3 is 2.52 bits per heavy atom. The second-order valence-corrected chi connectivity index (χ2v) is 10.9. The van der Waals surface area contributed by atoms with Crippen LogP contribution in [0.1, 0.15) is 63.5 Å². The van der Waals surface area contributed by atoms with Gasteiger partial charge in [-0.3, -0.25) is 4.57 Å². The number of benzene rings is 1. The van der Waals surface area contributed by atoms with Gasteiger partial charge >= 0.3 is 7.60 Å². The lowest BCUT2D eigenvalue weighted by Crippen LogP contribution is -2.41. The molecule has 1 aliphatic heterocycles. The SMILES string of the molecule is CCP(=O)(O)O[C@H]1CC[C@H](c2ccc(C3=Nc4c(N)ccnc4OC3(C)C)cc2)CC1. The van der Waals surface area contributed by atoms with E-state index >= 15 is 0 Å². The Labute approximate surface area is 183 Å². The van der Waals surface area contributed by atoms with Crippen molar-refractivity contribution in [2.24, 2.45) is 4.99 Å². The lowest BCUT2D eigenvalue weighted by molar-refractivity contribution is 0.128. The number of ether oxygens (including phenoxy) is 1. The molecule has 7 nitrogen and oxygen atoms in total. The van der Waals surface area contributed by atoms with Gasteiger partial charge in [-0.05, 0) is 57.1 Å². The second kappa shape index (κ2) is 8.38. The zero-order valence-electron chi connectivity index (χ0n) is 18.2. The van der Waals surface area contributed by atoms with Gasteiger partial charge in [0.15, 0.2) is 0 Å². The van der Waals surface area contributed by atoms with E-state index in [1.165, 1.54) is 5.56 Å². The lowest BCUT2D eigenvalue weighted by Gasteiger charge is -2.32. The third-order valence-corrected chi connectivity index (χ3v) is 7.54. The minimum absolute atomic E-state index is 0.125. The summed E-state index contributed by atoms with van der Waals surface area (Å²) in [5, 5.41) is 0. The number of fused-ring (bicyclic) bond motifs is 1. The molecule has 1 saturated carbocycles. The Kier molecular flexibility index (Phi) is 5.95. The number of pyridine rings is 1. The zero-order valence-corrected chi connectivity index (χ0v) is 19.1. The van der Waals surface area contributed by atoms with E-state index in [2.05, 4.69) is 29.2 Å². The molecule has 1 unspecified atom stereocenters. The van der Waals surface area contributed by atoms with E-state index in [0.29, 0.717) is 23.2 Å². The summed E-state index contributed by atoms with van der Waals surface area (Å²) in [5.74, 6) is 0.881. The summed E-state index contributed by atoms with van der Waals surface area (Å²) in [6.45, 7) is 5.64. The molecule has 2 aliphatic rings. The first-order chi connectivity index (χ1) is 14.7. The number of rotatable bonds is 5. The quantitative estimate of drug-likeness (QED) is 0.615. The molecule has 1 aromatic heterocycles.